The first-order valence-corrected chi connectivity index (χ1v) is 25.6. The van der Waals surface area contributed by atoms with E-state index in [0.717, 1.165) is 5.56 Å². The lowest BCUT2D eigenvalue weighted by Gasteiger charge is -2.24. The van der Waals surface area contributed by atoms with Gasteiger partial charge in [-0.3, -0.25) is 14.4 Å². The standard InChI is InChI=1S/C53H76ClN5O14/c1-39(2)50(48(60)36-41(8-7-18-56-52(55)63)51(62)58-42-15-13-40(37-54)14-16-42)59-49(61)17-20-65-22-24-67-26-28-69-30-32-71-34-35-72-33-31-70-29-27-68-25-23-66-21-19-57-53(64)73-38-47-45-11-5-3-9-43(45)44-10-4-6-12-46(44)47/h3-6,9-16,39,41,47,50H,7-8,17-38H2,1-2H3,(H,57,64)(H,58,62)(H,59,61)(H3,55,56,63)/t41-,50+/m1/s1. The first-order chi connectivity index (χ1) is 35.6. The molecule has 0 radical (unpaired) electrons. The van der Waals surface area contributed by atoms with Gasteiger partial charge in [-0.25, -0.2) is 9.59 Å². The Morgan fingerprint density at radius 2 is 1.08 bits per heavy atom. The summed E-state index contributed by atoms with van der Waals surface area (Å²) >= 11 is 5.88. The summed E-state index contributed by atoms with van der Waals surface area (Å²) in [6.45, 7) is 10.6. The second kappa shape index (κ2) is 36.7. The maximum atomic E-state index is 13.5. The Bertz CT molecular complexity index is 2020. The highest BCUT2D eigenvalue weighted by atomic mass is 35.5. The molecule has 1 aliphatic carbocycles. The van der Waals surface area contributed by atoms with Crippen molar-refractivity contribution in [3.63, 3.8) is 0 Å². The van der Waals surface area contributed by atoms with Gasteiger partial charge in [0.05, 0.1) is 112 Å². The Morgan fingerprint density at radius 3 is 1.56 bits per heavy atom. The molecule has 0 saturated heterocycles. The molecule has 6 N–H and O–H groups in total. The summed E-state index contributed by atoms with van der Waals surface area (Å²) in [5, 5.41) is 10.9. The molecule has 19 nitrogen and oxygen atoms in total. The second-order valence-electron chi connectivity index (χ2n) is 17.3. The van der Waals surface area contributed by atoms with Crippen LogP contribution < -0.4 is 27.0 Å². The smallest absolute Gasteiger partial charge is 0.407 e. The highest BCUT2D eigenvalue weighted by Crippen LogP contribution is 2.44. The molecule has 0 spiro atoms. The van der Waals surface area contributed by atoms with Crippen molar-refractivity contribution in [2.24, 2.45) is 17.6 Å². The van der Waals surface area contributed by atoms with Gasteiger partial charge < -0.3 is 69.6 Å². The van der Waals surface area contributed by atoms with Gasteiger partial charge in [0.15, 0.2) is 5.78 Å². The summed E-state index contributed by atoms with van der Waals surface area (Å²) in [6, 6.07) is 22.1. The van der Waals surface area contributed by atoms with Crippen LogP contribution in [0.2, 0.25) is 0 Å². The summed E-state index contributed by atoms with van der Waals surface area (Å²) in [6.07, 6.45) is 0.222. The van der Waals surface area contributed by atoms with E-state index in [2.05, 4.69) is 45.5 Å². The number of hydrogen-bond donors (Lipinski definition) is 5. The van der Waals surface area contributed by atoms with Crippen molar-refractivity contribution < 1.29 is 66.6 Å². The van der Waals surface area contributed by atoms with Crippen LogP contribution in [0.4, 0.5) is 15.3 Å². The average molecular weight is 1040 g/mol. The predicted molar refractivity (Wildman–Crippen MR) is 276 cm³/mol. The molecule has 20 heteroatoms. The molecule has 3 aromatic carbocycles. The number of ether oxygens (including phenoxy) is 9. The number of fused-ring (bicyclic) bond motifs is 3. The van der Waals surface area contributed by atoms with Crippen LogP contribution in [0.15, 0.2) is 72.8 Å². The number of carbonyl (C=O) groups is 5. The second-order valence-corrected chi connectivity index (χ2v) is 17.6. The summed E-state index contributed by atoms with van der Waals surface area (Å²) in [5.41, 5.74) is 11.4. The third-order valence-corrected chi connectivity index (χ3v) is 11.8. The van der Waals surface area contributed by atoms with E-state index >= 15 is 0 Å². The van der Waals surface area contributed by atoms with Crippen LogP contribution in [0, 0.1) is 11.8 Å². The van der Waals surface area contributed by atoms with Crippen molar-refractivity contribution in [3.05, 3.63) is 89.5 Å². The average Bonchev–Trinajstić information content (AvgIpc) is 3.71. The number of Topliss-reactive ketones (excluding diaryl/α,β-unsaturated/α-hetero) is 1. The van der Waals surface area contributed by atoms with Gasteiger partial charge in [-0.15, -0.1) is 11.6 Å². The Labute approximate surface area is 434 Å². The van der Waals surface area contributed by atoms with E-state index in [4.69, 9.17) is 60.0 Å². The normalized spacial score (nSPS) is 12.7. The molecule has 0 fully saturated rings. The number of halogens is 1. The molecule has 5 amide bonds. The van der Waals surface area contributed by atoms with Crippen LogP contribution in [0.3, 0.4) is 0 Å². The van der Waals surface area contributed by atoms with Crippen molar-refractivity contribution in [2.75, 3.05) is 131 Å². The van der Waals surface area contributed by atoms with Gasteiger partial charge in [0.2, 0.25) is 11.8 Å². The molecule has 0 aliphatic heterocycles. The van der Waals surface area contributed by atoms with Crippen molar-refractivity contribution in [3.8, 4) is 11.1 Å². The maximum absolute atomic E-state index is 13.5. The highest BCUT2D eigenvalue weighted by molar-refractivity contribution is 6.17. The molecule has 404 valence electrons. The number of hydrogen-bond acceptors (Lipinski definition) is 14. The lowest BCUT2D eigenvalue weighted by molar-refractivity contribution is -0.131. The zero-order chi connectivity index (χ0) is 52.3. The van der Waals surface area contributed by atoms with Crippen LogP contribution in [0.1, 0.15) is 62.1 Å². The van der Waals surface area contributed by atoms with Gasteiger partial charge in [0.1, 0.15) is 6.61 Å². The zero-order valence-corrected chi connectivity index (χ0v) is 43.1. The van der Waals surface area contributed by atoms with E-state index in [0.29, 0.717) is 123 Å². The fourth-order valence-corrected chi connectivity index (χ4v) is 7.90. The number of primary amides is 1. The number of ketones is 1. The lowest BCUT2D eigenvalue weighted by atomic mass is 9.89. The van der Waals surface area contributed by atoms with Gasteiger partial charge in [-0.1, -0.05) is 74.5 Å². The highest BCUT2D eigenvalue weighted by Gasteiger charge is 2.30. The number of rotatable bonds is 41. The summed E-state index contributed by atoms with van der Waals surface area (Å²) in [7, 11) is 0. The number of nitrogens with two attached hydrogens (primary N) is 1. The molecule has 2 atom stereocenters. The third kappa shape index (κ3) is 24.6. The Morgan fingerprint density at radius 1 is 0.603 bits per heavy atom. The van der Waals surface area contributed by atoms with Crippen molar-refractivity contribution in [2.45, 2.75) is 57.4 Å². The van der Waals surface area contributed by atoms with E-state index in [1.165, 1.54) is 22.3 Å². The molecule has 0 heterocycles. The van der Waals surface area contributed by atoms with Crippen LogP contribution >= 0.6 is 11.6 Å². The number of alkyl halides is 1. The summed E-state index contributed by atoms with van der Waals surface area (Å²) in [5.74, 6) is -1.52. The predicted octanol–water partition coefficient (Wildman–Crippen LogP) is 5.59. The molecular formula is C53H76ClN5O14. The SMILES string of the molecule is CC(C)[C@H](NC(=O)CCOCCOCCOCCOCCOCCOCCOCCOCCNC(=O)OCC1c2ccccc2-c2ccccc21)C(=O)C[C@@H](CCCNC(N)=O)C(=O)Nc1ccc(CCl)cc1. The lowest BCUT2D eigenvalue weighted by Crippen LogP contribution is -2.45. The van der Waals surface area contributed by atoms with Crippen molar-refractivity contribution in [1.82, 2.24) is 16.0 Å². The molecular weight excluding hydrogens is 966 g/mol. The van der Waals surface area contributed by atoms with Gasteiger partial charge in [0.25, 0.3) is 0 Å². The Balaban J connectivity index is 0.880. The van der Waals surface area contributed by atoms with E-state index in [1.54, 1.807) is 24.3 Å². The minimum Gasteiger partial charge on any atom is -0.449 e. The first-order valence-electron chi connectivity index (χ1n) is 25.1. The van der Waals surface area contributed by atoms with Gasteiger partial charge in [0, 0.05) is 49.3 Å². The van der Waals surface area contributed by atoms with E-state index in [1.807, 2.05) is 38.1 Å². The summed E-state index contributed by atoms with van der Waals surface area (Å²) < 4.78 is 49.8. The Hall–Kier alpha value is -5.22. The fourth-order valence-electron chi connectivity index (χ4n) is 7.72. The number of nitrogens with one attached hydrogen (secondary N) is 4. The van der Waals surface area contributed by atoms with Crippen LogP contribution in [-0.4, -0.2) is 161 Å². The molecule has 4 rings (SSSR count). The van der Waals surface area contributed by atoms with E-state index in [9.17, 15) is 24.0 Å². The quantitative estimate of drug-likeness (QED) is 0.0344. The fraction of sp³-hybridized carbons (Fsp3) is 0.566. The minimum atomic E-state index is -0.797. The molecule has 0 unspecified atom stereocenters. The van der Waals surface area contributed by atoms with Gasteiger partial charge in [-0.2, -0.15) is 0 Å². The third-order valence-electron chi connectivity index (χ3n) is 11.5. The topological polar surface area (TPSA) is 243 Å². The number of carbonyl (C=O) groups excluding carboxylic acids is 5. The Kier molecular flexibility index (Phi) is 30.3. The molecule has 0 bridgehead atoms. The van der Waals surface area contributed by atoms with Crippen LogP contribution in [-0.2, 0) is 62.9 Å². The molecule has 73 heavy (non-hydrogen) atoms. The van der Waals surface area contributed by atoms with Crippen molar-refractivity contribution in [1.29, 1.82) is 0 Å². The van der Waals surface area contributed by atoms with E-state index < -0.39 is 24.1 Å². The molecule has 0 saturated carbocycles. The van der Waals surface area contributed by atoms with Gasteiger partial charge in [-0.05, 0) is 58.7 Å². The zero-order valence-electron chi connectivity index (χ0n) is 42.4. The van der Waals surface area contributed by atoms with Crippen molar-refractivity contribution >= 4 is 47.0 Å². The maximum Gasteiger partial charge on any atom is 0.407 e. The number of amides is 5. The monoisotopic (exact) mass is 1040 g/mol. The number of anilines is 1. The number of benzene rings is 3. The van der Waals surface area contributed by atoms with Crippen LogP contribution in [0.5, 0.6) is 0 Å². The molecule has 0 aromatic heterocycles. The minimum absolute atomic E-state index is 0.0177. The largest absolute Gasteiger partial charge is 0.449 e. The van der Waals surface area contributed by atoms with Gasteiger partial charge >= 0.3 is 12.1 Å². The van der Waals surface area contributed by atoms with E-state index in [-0.39, 0.29) is 68.6 Å². The van der Waals surface area contributed by atoms with Crippen LogP contribution in [0.25, 0.3) is 11.1 Å². The molecule has 1 aliphatic rings. The molecule has 3 aromatic rings. The summed E-state index contributed by atoms with van der Waals surface area (Å²) in [4.78, 5) is 63.0. The number of alkyl carbamates (subject to hydrolysis) is 1. The first kappa shape index (κ1) is 60.3. The number of urea groups is 1.